The van der Waals surface area contributed by atoms with Crippen molar-refractivity contribution in [2.24, 2.45) is 0 Å². The molecule has 2 aromatic carbocycles. The first kappa shape index (κ1) is 16.1. The third-order valence-electron chi connectivity index (χ3n) is 4.67. The monoisotopic (exact) mass is 393 g/mol. The van der Waals surface area contributed by atoms with E-state index in [0.29, 0.717) is 5.76 Å². The maximum atomic E-state index is 9.26. The Hall–Kier alpha value is -2.06. The zero-order valence-electron chi connectivity index (χ0n) is 13.6. The molecule has 0 aliphatic carbocycles. The lowest BCUT2D eigenvalue weighted by molar-refractivity contribution is 0.386. The standard InChI is InChI=1S/C21H12ClNOS2/c22-12-5-6-19-14(9-12)20-15(10-25-19)17(7-8-23)24-21-13-3-1-2-4-18(13)26-11-16(20)21/h1-7,9H,10-11H2/b17-7-. The quantitative estimate of drug-likeness (QED) is 0.502. The fourth-order valence-electron chi connectivity index (χ4n) is 3.55. The normalized spacial score (nSPS) is 19.2. The second kappa shape index (κ2) is 6.28. The third-order valence-corrected chi connectivity index (χ3v) is 7.10. The molecular weight excluding hydrogens is 382 g/mol. The van der Waals surface area contributed by atoms with Gasteiger partial charge in [-0.25, -0.2) is 0 Å². The van der Waals surface area contributed by atoms with Crippen molar-refractivity contribution in [3.05, 3.63) is 81.6 Å². The molecule has 0 radical (unpaired) electrons. The number of ether oxygens (including phenoxy) is 1. The largest absolute Gasteiger partial charge is 0.455 e. The number of rotatable bonds is 0. The summed E-state index contributed by atoms with van der Waals surface area (Å²) in [6.45, 7) is 0. The van der Waals surface area contributed by atoms with E-state index in [0.717, 1.165) is 39.0 Å². The van der Waals surface area contributed by atoms with Crippen LogP contribution in [-0.2, 0) is 4.74 Å². The van der Waals surface area contributed by atoms with Crippen LogP contribution in [0.1, 0.15) is 11.1 Å². The van der Waals surface area contributed by atoms with Crippen molar-refractivity contribution in [1.82, 2.24) is 0 Å². The summed E-state index contributed by atoms with van der Waals surface area (Å²) in [4.78, 5) is 2.44. The molecule has 0 spiro atoms. The van der Waals surface area contributed by atoms with Crippen LogP contribution in [0, 0.1) is 11.3 Å². The average molecular weight is 394 g/mol. The van der Waals surface area contributed by atoms with Gasteiger partial charge < -0.3 is 4.74 Å². The van der Waals surface area contributed by atoms with Crippen LogP contribution in [0.3, 0.4) is 0 Å². The summed E-state index contributed by atoms with van der Waals surface area (Å²) >= 11 is 9.90. The number of halogens is 1. The van der Waals surface area contributed by atoms with E-state index >= 15 is 0 Å². The van der Waals surface area contributed by atoms with Crippen LogP contribution in [0.25, 0.3) is 11.3 Å². The topological polar surface area (TPSA) is 33.0 Å². The minimum Gasteiger partial charge on any atom is -0.455 e. The van der Waals surface area contributed by atoms with Crippen molar-refractivity contribution in [2.75, 3.05) is 11.5 Å². The van der Waals surface area contributed by atoms with Gasteiger partial charge in [-0.2, -0.15) is 5.26 Å². The van der Waals surface area contributed by atoms with E-state index in [1.165, 1.54) is 27.0 Å². The molecule has 0 unspecified atom stereocenters. The molecule has 0 aromatic heterocycles. The SMILES string of the molecule is N#C/C=C1\OC2=C(CSc3ccccc32)C2=C1CSc1ccc(Cl)cc12. The van der Waals surface area contributed by atoms with Gasteiger partial charge >= 0.3 is 0 Å². The zero-order valence-corrected chi connectivity index (χ0v) is 16.0. The van der Waals surface area contributed by atoms with Gasteiger partial charge in [0, 0.05) is 43.0 Å². The molecule has 0 fully saturated rings. The Morgan fingerprint density at radius 1 is 1.00 bits per heavy atom. The highest BCUT2D eigenvalue weighted by molar-refractivity contribution is 8.00. The van der Waals surface area contributed by atoms with Crippen LogP contribution in [0.15, 0.2) is 75.2 Å². The van der Waals surface area contributed by atoms with E-state index in [1.54, 1.807) is 11.8 Å². The maximum Gasteiger partial charge on any atom is 0.142 e. The second-order valence-electron chi connectivity index (χ2n) is 6.11. The number of hydrogen-bond donors (Lipinski definition) is 0. The fraction of sp³-hybridized carbons (Fsp3) is 0.0952. The summed E-state index contributed by atoms with van der Waals surface area (Å²) in [6.07, 6.45) is 1.51. The van der Waals surface area contributed by atoms with Crippen LogP contribution >= 0.6 is 35.1 Å². The van der Waals surface area contributed by atoms with E-state index in [9.17, 15) is 5.26 Å². The first-order valence-electron chi connectivity index (χ1n) is 8.16. The van der Waals surface area contributed by atoms with Gasteiger partial charge in [-0.05, 0) is 35.4 Å². The molecule has 26 heavy (non-hydrogen) atoms. The lowest BCUT2D eigenvalue weighted by Crippen LogP contribution is -2.18. The number of allylic oxidation sites excluding steroid dienone is 3. The predicted molar refractivity (Wildman–Crippen MR) is 108 cm³/mol. The molecule has 3 aliphatic heterocycles. The Kier molecular flexibility index (Phi) is 3.90. The van der Waals surface area contributed by atoms with E-state index < -0.39 is 0 Å². The van der Waals surface area contributed by atoms with Crippen LogP contribution < -0.4 is 0 Å². The van der Waals surface area contributed by atoms with Gasteiger partial charge in [-0.15, -0.1) is 23.5 Å². The fourth-order valence-corrected chi connectivity index (χ4v) is 5.86. The Morgan fingerprint density at radius 2 is 1.77 bits per heavy atom. The third kappa shape index (κ3) is 2.43. The highest BCUT2D eigenvalue weighted by Gasteiger charge is 2.35. The van der Waals surface area contributed by atoms with Crippen molar-refractivity contribution in [3.8, 4) is 6.07 Å². The molecule has 2 aromatic rings. The van der Waals surface area contributed by atoms with Gasteiger partial charge in [-0.1, -0.05) is 29.8 Å². The van der Waals surface area contributed by atoms with Gasteiger partial charge in [0.1, 0.15) is 11.5 Å². The summed E-state index contributed by atoms with van der Waals surface area (Å²) in [5.74, 6) is 3.17. The van der Waals surface area contributed by atoms with Gasteiger partial charge in [0.25, 0.3) is 0 Å². The molecular formula is C21H12ClNOS2. The molecule has 3 aliphatic rings. The molecule has 2 nitrogen and oxygen atoms in total. The molecule has 0 saturated heterocycles. The smallest absolute Gasteiger partial charge is 0.142 e. The van der Waals surface area contributed by atoms with Crippen LogP contribution in [-0.4, -0.2) is 11.5 Å². The minimum absolute atomic E-state index is 0.654. The van der Waals surface area contributed by atoms with Gasteiger partial charge in [0.15, 0.2) is 0 Å². The van der Waals surface area contributed by atoms with Crippen molar-refractivity contribution < 1.29 is 4.74 Å². The van der Waals surface area contributed by atoms with Crippen molar-refractivity contribution in [2.45, 2.75) is 9.79 Å². The van der Waals surface area contributed by atoms with Crippen LogP contribution in [0.4, 0.5) is 0 Å². The molecule has 5 heteroatoms. The Bertz CT molecular complexity index is 1090. The Morgan fingerprint density at radius 3 is 2.62 bits per heavy atom. The number of hydrogen-bond acceptors (Lipinski definition) is 4. The lowest BCUT2D eigenvalue weighted by atomic mass is 9.88. The summed E-state index contributed by atoms with van der Waals surface area (Å²) in [6, 6.07) is 16.5. The lowest BCUT2D eigenvalue weighted by Gasteiger charge is -2.34. The van der Waals surface area contributed by atoms with Gasteiger partial charge in [-0.3, -0.25) is 0 Å². The average Bonchev–Trinajstić information content (AvgIpc) is 2.67. The molecule has 0 amide bonds. The molecule has 0 saturated carbocycles. The minimum atomic E-state index is 0.654. The van der Waals surface area contributed by atoms with E-state index in [-0.39, 0.29) is 0 Å². The molecule has 3 heterocycles. The molecule has 0 bridgehead atoms. The Balaban J connectivity index is 1.81. The second-order valence-corrected chi connectivity index (χ2v) is 8.59. The first-order valence-corrected chi connectivity index (χ1v) is 10.5. The highest BCUT2D eigenvalue weighted by atomic mass is 35.5. The number of thioether (sulfide) groups is 2. The number of fused-ring (bicyclic) bond motifs is 5. The zero-order chi connectivity index (χ0) is 17.7. The van der Waals surface area contributed by atoms with E-state index in [4.69, 9.17) is 16.3 Å². The molecule has 0 N–H and O–H groups in total. The number of nitrogens with zero attached hydrogens (tertiary/aromatic N) is 1. The number of benzene rings is 2. The van der Waals surface area contributed by atoms with Crippen LogP contribution in [0.2, 0.25) is 5.02 Å². The number of nitriles is 1. The highest BCUT2D eigenvalue weighted by Crippen LogP contribution is 2.53. The predicted octanol–water partition coefficient (Wildman–Crippen LogP) is 6.15. The summed E-state index contributed by atoms with van der Waals surface area (Å²) in [5, 5.41) is 9.99. The maximum absolute atomic E-state index is 9.26. The molecule has 5 rings (SSSR count). The molecule has 0 atom stereocenters. The van der Waals surface area contributed by atoms with E-state index in [1.807, 2.05) is 36.0 Å². The van der Waals surface area contributed by atoms with Crippen molar-refractivity contribution in [3.63, 3.8) is 0 Å². The summed E-state index contributed by atoms with van der Waals surface area (Å²) < 4.78 is 6.27. The Labute approximate surface area is 165 Å². The van der Waals surface area contributed by atoms with Gasteiger partial charge in [0.05, 0.1) is 12.1 Å². The first-order chi connectivity index (χ1) is 12.8. The summed E-state index contributed by atoms with van der Waals surface area (Å²) in [7, 11) is 0. The van der Waals surface area contributed by atoms with E-state index in [2.05, 4.69) is 24.3 Å². The van der Waals surface area contributed by atoms with Crippen molar-refractivity contribution in [1.29, 1.82) is 5.26 Å². The van der Waals surface area contributed by atoms with Crippen molar-refractivity contribution >= 4 is 46.5 Å². The van der Waals surface area contributed by atoms with Crippen LogP contribution in [0.5, 0.6) is 0 Å². The molecule has 126 valence electrons. The van der Waals surface area contributed by atoms with Gasteiger partial charge in [0.2, 0.25) is 0 Å². The summed E-state index contributed by atoms with van der Waals surface area (Å²) in [5.41, 5.74) is 5.71.